The summed E-state index contributed by atoms with van der Waals surface area (Å²) in [6.07, 6.45) is 6.30. The minimum atomic E-state index is -0.323. The molecule has 1 saturated carbocycles. The Balaban J connectivity index is 2.12. The number of hydrogen-bond acceptors (Lipinski definition) is 1. The van der Waals surface area contributed by atoms with Gasteiger partial charge in [0.05, 0.1) is 0 Å². The molecule has 1 N–H and O–H groups in total. The van der Waals surface area contributed by atoms with Crippen LogP contribution >= 0.6 is 0 Å². The van der Waals surface area contributed by atoms with Crippen LogP contribution < -0.4 is 5.32 Å². The van der Waals surface area contributed by atoms with Crippen molar-refractivity contribution in [1.29, 1.82) is 0 Å². The molecule has 0 atom stereocenters. The molecule has 1 amide bonds. The second kappa shape index (κ2) is 6.21. The first-order valence-corrected chi connectivity index (χ1v) is 7.23. The lowest BCUT2D eigenvalue weighted by molar-refractivity contribution is 0.0868. The van der Waals surface area contributed by atoms with Gasteiger partial charge in [-0.25, -0.2) is 4.39 Å². The third kappa shape index (κ3) is 3.69. The quantitative estimate of drug-likeness (QED) is 0.819. The van der Waals surface area contributed by atoms with E-state index in [1.165, 1.54) is 30.7 Å². The van der Waals surface area contributed by atoms with E-state index in [1.807, 2.05) is 6.92 Å². The molecule has 2 rings (SSSR count). The predicted molar refractivity (Wildman–Crippen MR) is 79.1 cm³/mol. The summed E-state index contributed by atoms with van der Waals surface area (Å²) in [4.78, 5) is 12.3. The number of nitrogens with one attached hydrogen (secondary N) is 1. The van der Waals surface area contributed by atoms with Gasteiger partial charge in [-0.3, -0.25) is 4.79 Å². The van der Waals surface area contributed by atoms with E-state index in [9.17, 15) is 9.18 Å². The average molecular weight is 275 g/mol. The minimum absolute atomic E-state index is 0.117. The maximum atomic E-state index is 12.9. The first-order chi connectivity index (χ1) is 9.51. The molecule has 0 heterocycles. The van der Waals surface area contributed by atoms with Crippen molar-refractivity contribution in [3.8, 4) is 0 Å². The summed E-state index contributed by atoms with van der Waals surface area (Å²) in [7, 11) is 0. The molecule has 0 radical (unpaired) electrons. The van der Waals surface area contributed by atoms with Crippen LogP contribution in [0.4, 0.5) is 4.39 Å². The third-order valence-electron chi connectivity index (χ3n) is 3.94. The molecule has 0 aromatic heterocycles. The fourth-order valence-electron chi connectivity index (χ4n) is 3.07. The number of rotatable bonds is 4. The zero-order chi connectivity index (χ0) is 14.6. The second-order valence-electron chi connectivity index (χ2n) is 5.94. The van der Waals surface area contributed by atoms with Gasteiger partial charge in [0.25, 0.3) is 5.91 Å². The summed E-state index contributed by atoms with van der Waals surface area (Å²) in [6.45, 7) is 5.99. The molecule has 20 heavy (non-hydrogen) atoms. The fraction of sp³-hybridized carbons (Fsp3) is 0.471. The highest BCUT2D eigenvalue weighted by atomic mass is 19.1. The van der Waals surface area contributed by atoms with Gasteiger partial charge in [0.15, 0.2) is 0 Å². The summed E-state index contributed by atoms with van der Waals surface area (Å²) < 4.78 is 12.9. The predicted octanol–water partition coefficient (Wildman–Crippen LogP) is 4.22. The summed E-state index contributed by atoms with van der Waals surface area (Å²) in [5.74, 6) is -0.441. The van der Waals surface area contributed by atoms with E-state index in [-0.39, 0.29) is 17.3 Å². The van der Waals surface area contributed by atoms with Gasteiger partial charge in [0, 0.05) is 11.1 Å². The van der Waals surface area contributed by atoms with Crippen molar-refractivity contribution in [3.05, 3.63) is 47.8 Å². The zero-order valence-electron chi connectivity index (χ0n) is 12.0. The zero-order valence-corrected chi connectivity index (χ0v) is 12.0. The monoisotopic (exact) mass is 275 g/mol. The Kier molecular flexibility index (Phi) is 4.58. The van der Waals surface area contributed by atoms with Crippen molar-refractivity contribution in [2.45, 2.75) is 51.0 Å². The maximum absolute atomic E-state index is 12.9. The molecule has 0 aliphatic heterocycles. The SMILES string of the molecule is C=C(C)CC1(NC(=O)c2ccc(F)cc2)CCCCC1. The lowest BCUT2D eigenvalue weighted by atomic mass is 9.77. The maximum Gasteiger partial charge on any atom is 0.251 e. The molecule has 0 unspecified atom stereocenters. The molecule has 1 aromatic carbocycles. The van der Waals surface area contributed by atoms with Gasteiger partial charge in [0.2, 0.25) is 0 Å². The van der Waals surface area contributed by atoms with Crippen LogP contribution in [0.2, 0.25) is 0 Å². The molecule has 1 aliphatic rings. The summed E-state index contributed by atoms with van der Waals surface area (Å²) in [6, 6.07) is 5.70. The van der Waals surface area contributed by atoms with Gasteiger partial charge in [-0.15, -0.1) is 6.58 Å². The van der Waals surface area contributed by atoms with Gasteiger partial charge in [-0.2, -0.15) is 0 Å². The molecule has 1 aliphatic carbocycles. The minimum Gasteiger partial charge on any atom is -0.346 e. The van der Waals surface area contributed by atoms with Crippen molar-refractivity contribution in [1.82, 2.24) is 5.32 Å². The van der Waals surface area contributed by atoms with Gasteiger partial charge in [0.1, 0.15) is 5.82 Å². The van der Waals surface area contributed by atoms with E-state index >= 15 is 0 Å². The van der Waals surface area contributed by atoms with Crippen molar-refractivity contribution in [2.24, 2.45) is 0 Å². The van der Waals surface area contributed by atoms with Crippen molar-refractivity contribution in [3.63, 3.8) is 0 Å². The molecule has 1 aromatic rings. The Morgan fingerprint density at radius 3 is 2.40 bits per heavy atom. The second-order valence-corrected chi connectivity index (χ2v) is 5.94. The van der Waals surface area contributed by atoms with Crippen LogP contribution in [0.3, 0.4) is 0 Å². The molecular formula is C17H22FNO. The Bertz CT molecular complexity index is 486. The van der Waals surface area contributed by atoms with E-state index in [2.05, 4.69) is 11.9 Å². The number of benzene rings is 1. The Morgan fingerprint density at radius 2 is 1.85 bits per heavy atom. The van der Waals surface area contributed by atoms with Crippen LogP contribution in [-0.4, -0.2) is 11.4 Å². The lowest BCUT2D eigenvalue weighted by Crippen LogP contribution is -2.49. The first kappa shape index (κ1) is 14.8. The standard InChI is InChI=1S/C17H22FNO/c1-13(2)12-17(10-4-3-5-11-17)19-16(20)14-6-8-15(18)9-7-14/h6-9H,1,3-5,10-12H2,2H3,(H,19,20). The van der Waals surface area contributed by atoms with E-state index < -0.39 is 0 Å². The smallest absolute Gasteiger partial charge is 0.251 e. The van der Waals surface area contributed by atoms with Crippen molar-refractivity contribution >= 4 is 5.91 Å². The Morgan fingerprint density at radius 1 is 1.25 bits per heavy atom. The third-order valence-corrected chi connectivity index (χ3v) is 3.94. The summed E-state index contributed by atoms with van der Waals surface area (Å²) in [5.41, 5.74) is 1.43. The highest BCUT2D eigenvalue weighted by Crippen LogP contribution is 2.33. The van der Waals surface area contributed by atoms with Crippen LogP contribution in [0.25, 0.3) is 0 Å². The topological polar surface area (TPSA) is 29.1 Å². The van der Waals surface area contributed by atoms with E-state index in [4.69, 9.17) is 0 Å². The van der Waals surface area contributed by atoms with Gasteiger partial charge >= 0.3 is 0 Å². The number of hydrogen-bond donors (Lipinski definition) is 1. The highest BCUT2D eigenvalue weighted by molar-refractivity contribution is 5.94. The van der Waals surface area contributed by atoms with Crippen LogP contribution in [-0.2, 0) is 0 Å². The molecule has 0 spiro atoms. The Hall–Kier alpha value is -1.64. The summed E-state index contributed by atoms with van der Waals surface area (Å²) in [5, 5.41) is 3.18. The molecule has 2 nitrogen and oxygen atoms in total. The molecule has 3 heteroatoms. The normalized spacial score (nSPS) is 17.5. The van der Waals surface area contributed by atoms with Gasteiger partial charge < -0.3 is 5.32 Å². The van der Waals surface area contributed by atoms with Gasteiger partial charge in [-0.1, -0.05) is 24.8 Å². The van der Waals surface area contributed by atoms with E-state index in [0.29, 0.717) is 5.56 Å². The number of halogens is 1. The van der Waals surface area contributed by atoms with E-state index in [0.717, 1.165) is 37.7 Å². The molecule has 1 fully saturated rings. The van der Waals surface area contributed by atoms with Crippen LogP contribution in [0.5, 0.6) is 0 Å². The largest absolute Gasteiger partial charge is 0.346 e. The van der Waals surface area contributed by atoms with Crippen molar-refractivity contribution < 1.29 is 9.18 Å². The Labute approximate surface area is 120 Å². The molecular weight excluding hydrogens is 253 g/mol. The lowest BCUT2D eigenvalue weighted by Gasteiger charge is -2.38. The number of carbonyl (C=O) groups is 1. The van der Waals surface area contributed by atoms with Gasteiger partial charge in [-0.05, 0) is 50.5 Å². The van der Waals surface area contributed by atoms with Crippen LogP contribution in [0, 0.1) is 5.82 Å². The van der Waals surface area contributed by atoms with Crippen LogP contribution in [0.1, 0.15) is 55.8 Å². The molecule has 0 saturated heterocycles. The van der Waals surface area contributed by atoms with E-state index in [1.54, 1.807) is 0 Å². The summed E-state index contributed by atoms with van der Waals surface area (Å²) >= 11 is 0. The molecule has 0 bridgehead atoms. The first-order valence-electron chi connectivity index (χ1n) is 7.23. The average Bonchev–Trinajstić information content (AvgIpc) is 2.39. The number of amides is 1. The molecule has 108 valence electrons. The number of carbonyl (C=O) groups excluding carboxylic acids is 1. The fourth-order valence-corrected chi connectivity index (χ4v) is 3.07. The van der Waals surface area contributed by atoms with Crippen LogP contribution in [0.15, 0.2) is 36.4 Å². The highest BCUT2D eigenvalue weighted by Gasteiger charge is 2.33. The van der Waals surface area contributed by atoms with Crippen molar-refractivity contribution in [2.75, 3.05) is 0 Å².